The maximum absolute atomic E-state index is 11.6. The second-order valence-corrected chi connectivity index (χ2v) is 4.72. The van der Waals surface area contributed by atoms with Crippen molar-refractivity contribution in [3.8, 4) is 5.69 Å². The fraction of sp³-hybridized carbons (Fsp3) is 0.214. The molecular formula is C14H15N3O2S. The summed E-state index contributed by atoms with van der Waals surface area (Å²) in [6.45, 7) is 4.04. The monoisotopic (exact) mass is 289 g/mol. The number of aromatic nitrogens is 2. The molecule has 1 heterocycles. The minimum absolute atomic E-state index is 0.289. The van der Waals surface area contributed by atoms with Crippen molar-refractivity contribution in [2.45, 2.75) is 13.8 Å². The molecule has 0 saturated carbocycles. The fourth-order valence-electron chi connectivity index (χ4n) is 1.82. The number of benzene rings is 1. The molecule has 20 heavy (non-hydrogen) atoms. The summed E-state index contributed by atoms with van der Waals surface area (Å²) in [5.74, 6) is -0.400. The van der Waals surface area contributed by atoms with Crippen molar-refractivity contribution in [2.75, 3.05) is 6.61 Å². The highest BCUT2D eigenvalue weighted by Crippen LogP contribution is 2.17. The van der Waals surface area contributed by atoms with Crippen molar-refractivity contribution in [1.29, 1.82) is 0 Å². The number of nitrogens with two attached hydrogens (primary N) is 1. The molecule has 2 N–H and O–H groups in total. The first kappa shape index (κ1) is 14.2. The van der Waals surface area contributed by atoms with Gasteiger partial charge in [-0.15, -0.1) is 0 Å². The summed E-state index contributed by atoms with van der Waals surface area (Å²) in [7, 11) is 0. The van der Waals surface area contributed by atoms with Crippen molar-refractivity contribution < 1.29 is 9.53 Å². The van der Waals surface area contributed by atoms with Gasteiger partial charge in [0.25, 0.3) is 0 Å². The Labute approximate surface area is 122 Å². The molecule has 0 spiro atoms. The predicted molar refractivity (Wildman–Crippen MR) is 80.1 cm³/mol. The first-order valence-electron chi connectivity index (χ1n) is 6.15. The molecule has 2 aromatic rings. The molecule has 6 heteroatoms. The second kappa shape index (κ2) is 5.83. The lowest BCUT2D eigenvalue weighted by Gasteiger charge is -2.09. The van der Waals surface area contributed by atoms with E-state index in [2.05, 4.69) is 5.10 Å². The van der Waals surface area contributed by atoms with E-state index < -0.39 is 5.97 Å². The van der Waals surface area contributed by atoms with E-state index >= 15 is 0 Å². The van der Waals surface area contributed by atoms with Crippen LogP contribution in [-0.4, -0.2) is 27.3 Å². The van der Waals surface area contributed by atoms with Crippen LogP contribution in [0.4, 0.5) is 0 Å². The normalized spacial score (nSPS) is 10.3. The van der Waals surface area contributed by atoms with Gasteiger partial charge in [0.1, 0.15) is 4.99 Å². The molecule has 0 bridgehead atoms. The van der Waals surface area contributed by atoms with E-state index in [9.17, 15) is 4.79 Å². The van der Waals surface area contributed by atoms with Crippen LogP contribution in [0.5, 0.6) is 0 Å². The topological polar surface area (TPSA) is 70.1 Å². The highest BCUT2D eigenvalue weighted by Gasteiger charge is 2.13. The summed E-state index contributed by atoms with van der Waals surface area (Å²) in [5, 5.41) is 4.16. The average Bonchev–Trinajstić information content (AvgIpc) is 2.88. The minimum atomic E-state index is -0.400. The lowest BCUT2D eigenvalue weighted by atomic mass is 10.1. The molecule has 0 aliphatic heterocycles. The third-order valence-electron chi connectivity index (χ3n) is 2.76. The SMILES string of the molecule is CCOC(=O)c1cnn(-c2ccc(C)cc2C(N)=S)c1. The molecule has 0 amide bonds. The second-order valence-electron chi connectivity index (χ2n) is 4.28. The molecule has 0 saturated heterocycles. The van der Waals surface area contributed by atoms with E-state index in [0.29, 0.717) is 12.2 Å². The Morgan fingerprint density at radius 1 is 1.50 bits per heavy atom. The maximum atomic E-state index is 11.6. The number of ether oxygens (including phenoxy) is 1. The zero-order valence-corrected chi connectivity index (χ0v) is 12.1. The highest BCUT2D eigenvalue weighted by atomic mass is 32.1. The van der Waals surface area contributed by atoms with Crippen molar-refractivity contribution >= 4 is 23.2 Å². The third kappa shape index (κ3) is 2.85. The summed E-state index contributed by atoms with van der Waals surface area (Å²) in [6, 6.07) is 5.69. The summed E-state index contributed by atoms with van der Waals surface area (Å²) < 4.78 is 6.50. The molecule has 104 valence electrons. The summed E-state index contributed by atoms with van der Waals surface area (Å²) in [5.41, 5.74) is 8.63. The van der Waals surface area contributed by atoms with Gasteiger partial charge in [-0.2, -0.15) is 5.10 Å². The number of esters is 1. The number of hydrogen-bond donors (Lipinski definition) is 1. The predicted octanol–water partition coefficient (Wildman–Crippen LogP) is 1.99. The lowest BCUT2D eigenvalue weighted by molar-refractivity contribution is 0.0526. The highest BCUT2D eigenvalue weighted by molar-refractivity contribution is 7.80. The van der Waals surface area contributed by atoms with Gasteiger partial charge in [-0.25, -0.2) is 9.48 Å². The Bertz CT molecular complexity index is 664. The van der Waals surface area contributed by atoms with Gasteiger partial charge in [-0.05, 0) is 26.0 Å². The average molecular weight is 289 g/mol. The Balaban J connectivity index is 2.42. The van der Waals surface area contributed by atoms with E-state index in [0.717, 1.165) is 16.8 Å². The van der Waals surface area contributed by atoms with Gasteiger partial charge in [-0.1, -0.05) is 23.8 Å². The van der Waals surface area contributed by atoms with Crippen LogP contribution >= 0.6 is 12.2 Å². The van der Waals surface area contributed by atoms with E-state index in [1.165, 1.54) is 6.20 Å². The van der Waals surface area contributed by atoms with Crippen LogP contribution in [0.15, 0.2) is 30.6 Å². The van der Waals surface area contributed by atoms with E-state index in [1.54, 1.807) is 17.8 Å². The number of aryl methyl sites for hydroxylation is 1. The van der Waals surface area contributed by atoms with Crippen LogP contribution < -0.4 is 5.73 Å². The first-order valence-corrected chi connectivity index (χ1v) is 6.56. The molecular weight excluding hydrogens is 274 g/mol. The van der Waals surface area contributed by atoms with Crippen LogP contribution in [0.2, 0.25) is 0 Å². The smallest absolute Gasteiger partial charge is 0.341 e. The van der Waals surface area contributed by atoms with Crippen LogP contribution in [0.25, 0.3) is 5.69 Å². The van der Waals surface area contributed by atoms with E-state index in [1.807, 2.05) is 25.1 Å². The quantitative estimate of drug-likeness (QED) is 0.688. The standard InChI is InChI=1S/C14H15N3O2S/c1-3-19-14(18)10-7-16-17(8-10)12-5-4-9(2)6-11(12)13(15)20/h4-8H,3H2,1-2H3,(H2,15,20). The number of carbonyl (C=O) groups excluding carboxylic acids is 1. The molecule has 1 aromatic heterocycles. The minimum Gasteiger partial charge on any atom is -0.462 e. The Morgan fingerprint density at radius 2 is 2.25 bits per heavy atom. The Morgan fingerprint density at radius 3 is 2.90 bits per heavy atom. The van der Waals surface area contributed by atoms with Gasteiger partial charge in [0, 0.05) is 11.8 Å². The molecule has 0 radical (unpaired) electrons. The lowest BCUT2D eigenvalue weighted by Crippen LogP contribution is -2.14. The van der Waals surface area contributed by atoms with Gasteiger partial charge in [0.15, 0.2) is 0 Å². The first-order chi connectivity index (χ1) is 9.52. The molecule has 0 aliphatic rings. The molecule has 1 aromatic carbocycles. The molecule has 0 aliphatic carbocycles. The largest absolute Gasteiger partial charge is 0.462 e. The Kier molecular flexibility index (Phi) is 4.14. The zero-order chi connectivity index (χ0) is 14.7. The fourth-order valence-corrected chi connectivity index (χ4v) is 1.98. The van der Waals surface area contributed by atoms with Gasteiger partial charge >= 0.3 is 5.97 Å². The van der Waals surface area contributed by atoms with Crippen molar-refractivity contribution in [2.24, 2.45) is 5.73 Å². The summed E-state index contributed by atoms with van der Waals surface area (Å²) in [6.07, 6.45) is 3.06. The van der Waals surface area contributed by atoms with Gasteiger partial charge in [0.05, 0.1) is 24.1 Å². The number of nitrogens with zero attached hydrogens (tertiary/aromatic N) is 2. The molecule has 2 rings (SSSR count). The van der Waals surface area contributed by atoms with E-state index in [4.69, 9.17) is 22.7 Å². The molecule has 0 fully saturated rings. The maximum Gasteiger partial charge on any atom is 0.341 e. The third-order valence-corrected chi connectivity index (χ3v) is 2.98. The van der Waals surface area contributed by atoms with Crippen molar-refractivity contribution in [3.63, 3.8) is 0 Å². The van der Waals surface area contributed by atoms with Crippen molar-refractivity contribution in [3.05, 3.63) is 47.3 Å². The van der Waals surface area contributed by atoms with Gasteiger partial charge in [0.2, 0.25) is 0 Å². The van der Waals surface area contributed by atoms with Crippen LogP contribution in [0.3, 0.4) is 0 Å². The van der Waals surface area contributed by atoms with Gasteiger partial charge in [-0.3, -0.25) is 0 Å². The molecule has 0 unspecified atom stereocenters. The molecule has 5 nitrogen and oxygen atoms in total. The molecule has 0 atom stereocenters. The van der Waals surface area contributed by atoms with Crippen LogP contribution in [-0.2, 0) is 4.74 Å². The van der Waals surface area contributed by atoms with Gasteiger partial charge < -0.3 is 10.5 Å². The van der Waals surface area contributed by atoms with Crippen LogP contribution in [0, 0.1) is 6.92 Å². The number of carbonyl (C=O) groups is 1. The zero-order valence-electron chi connectivity index (χ0n) is 11.3. The van der Waals surface area contributed by atoms with Crippen molar-refractivity contribution in [1.82, 2.24) is 9.78 Å². The van der Waals surface area contributed by atoms with E-state index in [-0.39, 0.29) is 4.99 Å². The number of rotatable bonds is 4. The number of thiocarbonyl (C=S) groups is 1. The van der Waals surface area contributed by atoms with Crippen LogP contribution in [0.1, 0.15) is 28.4 Å². The summed E-state index contributed by atoms with van der Waals surface area (Å²) in [4.78, 5) is 11.9. The Hall–Kier alpha value is -2.21. The summed E-state index contributed by atoms with van der Waals surface area (Å²) >= 11 is 5.05. The number of hydrogen-bond acceptors (Lipinski definition) is 4.